The van der Waals surface area contributed by atoms with Crippen LogP contribution in [0.4, 0.5) is 8.78 Å². The molecular weight excluding hydrogens is 236 g/mol. The van der Waals surface area contributed by atoms with E-state index in [4.69, 9.17) is 5.11 Å². The average molecular weight is 257 g/mol. The highest BCUT2D eigenvalue weighted by molar-refractivity contribution is 5.19. The zero-order valence-corrected chi connectivity index (χ0v) is 11.0. The number of halogens is 2. The highest BCUT2D eigenvalue weighted by Gasteiger charge is 2.18. The van der Waals surface area contributed by atoms with Crippen LogP contribution in [0, 0.1) is 11.6 Å². The van der Waals surface area contributed by atoms with Crippen molar-refractivity contribution in [3.63, 3.8) is 0 Å². The van der Waals surface area contributed by atoms with Gasteiger partial charge < -0.3 is 5.11 Å². The van der Waals surface area contributed by atoms with Crippen LogP contribution in [-0.4, -0.2) is 29.2 Å². The van der Waals surface area contributed by atoms with Gasteiger partial charge >= 0.3 is 0 Å². The Labute approximate surface area is 107 Å². The second-order valence-corrected chi connectivity index (χ2v) is 4.36. The predicted octanol–water partition coefficient (Wildman–Crippen LogP) is 2.95. The first-order chi connectivity index (χ1) is 8.63. The molecule has 2 nitrogen and oxygen atoms in total. The lowest BCUT2D eigenvalue weighted by atomic mass is 10.1. The Morgan fingerprint density at radius 1 is 1.17 bits per heavy atom. The van der Waals surface area contributed by atoms with Crippen LogP contribution in [-0.2, 0) is 6.54 Å². The fraction of sp³-hybridized carbons (Fsp3) is 0.571. The van der Waals surface area contributed by atoms with Gasteiger partial charge in [0, 0.05) is 24.7 Å². The van der Waals surface area contributed by atoms with Gasteiger partial charge in [-0.05, 0) is 25.0 Å². The van der Waals surface area contributed by atoms with E-state index in [0.717, 1.165) is 12.8 Å². The van der Waals surface area contributed by atoms with Gasteiger partial charge in [0.25, 0.3) is 0 Å². The van der Waals surface area contributed by atoms with Crippen molar-refractivity contribution in [2.75, 3.05) is 13.2 Å². The van der Waals surface area contributed by atoms with E-state index in [-0.39, 0.29) is 24.8 Å². The van der Waals surface area contributed by atoms with Crippen LogP contribution in [0.5, 0.6) is 0 Å². The van der Waals surface area contributed by atoms with Gasteiger partial charge in [-0.25, -0.2) is 8.78 Å². The van der Waals surface area contributed by atoms with Crippen LogP contribution >= 0.6 is 0 Å². The van der Waals surface area contributed by atoms with Gasteiger partial charge in [0.1, 0.15) is 11.6 Å². The van der Waals surface area contributed by atoms with Crippen LogP contribution in [0.2, 0.25) is 0 Å². The quantitative estimate of drug-likeness (QED) is 0.811. The molecule has 0 bridgehead atoms. The first-order valence-corrected chi connectivity index (χ1v) is 6.41. The molecule has 0 fully saturated rings. The SMILES string of the molecule is CCC(CC)N(CCO)Cc1c(F)cccc1F. The zero-order valence-electron chi connectivity index (χ0n) is 11.0. The van der Waals surface area contributed by atoms with Crippen LogP contribution < -0.4 is 0 Å². The smallest absolute Gasteiger partial charge is 0.130 e. The Balaban J connectivity index is 2.89. The number of aliphatic hydroxyl groups is 1. The molecule has 18 heavy (non-hydrogen) atoms. The standard InChI is InChI=1S/C14H21F2NO/c1-3-11(4-2)17(8-9-18)10-12-13(15)6-5-7-14(12)16/h5-7,11,18H,3-4,8-10H2,1-2H3. The number of benzene rings is 1. The van der Waals surface area contributed by atoms with E-state index in [1.54, 1.807) is 0 Å². The maximum Gasteiger partial charge on any atom is 0.130 e. The van der Waals surface area contributed by atoms with E-state index in [1.165, 1.54) is 18.2 Å². The number of nitrogens with zero attached hydrogens (tertiary/aromatic N) is 1. The molecule has 1 N–H and O–H groups in total. The minimum Gasteiger partial charge on any atom is -0.395 e. The summed E-state index contributed by atoms with van der Waals surface area (Å²) in [6.45, 7) is 4.70. The third-order valence-electron chi connectivity index (χ3n) is 3.27. The summed E-state index contributed by atoms with van der Waals surface area (Å²) in [7, 11) is 0. The highest BCUT2D eigenvalue weighted by Crippen LogP contribution is 2.18. The van der Waals surface area contributed by atoms with E-state index in [9.17, 15) is 8.78 Å². The van der Waals surface area contributed by atoms with Crippen molar-refractivity contribution in [2.45, 2.75) is 39.3 Å². The van der Waals surface area contributed by atoms with E-state index in [0.29, 0.717) is 6.54 Å². The highest BCUT2D eigenvalue weighted by atomic mass is 19.1. The van der Waals surface area contributed by atoms with Gasteiger partial charge in [-0.3, -0.25) is 4.90 Å². The van der Waals surface area contributed by atoms with Crippen molar-refractivity contribution in [3.05, 3.63) is 35.4 Å². The molecule has 0 spiro atoms. The number of hydrogen-bond acceptors (Lipinski definition) is 2. The lowest BCUT2D eigenvalue weighted by molar-refractivity contribution is 0.133. The number of hydrogen-bond donors (Lipinski definition) is 1. The van der Waals surface area contributed by atoms with Gasteiger partial charge in [0.2, 0.25) is 0 Å². The maximum atomic E-state index is 13.6. The van der Waals surface area contributed by atoms with Crippen molar-refractivity contribution >= 4 is 0 Å². The normalized spacial score (nSPS) is 11.5. The minimum atomic E-state index is -0.524. The Kier molecular flexibility index (Phi) is 6.22. The summed E-state index contributed by atoms with van der Waals surface area (Å²) < 4.78 is 27.2. The second kappa shape index (κ2) is 7.44. The van der Waals surface area contributed by atoms with Crippen LogP contribution in [0.25, 0.3) is 0 Å². The van der Waals surface area contributed by atoms with Gasteiger partial charge in [0.15, 0.2) is 0 Å². The molecule has 0 radical (unpaired) electrons. The molecule has 0 aliphatic rings. The Morgan fingerprint density at radius 3 is 2.17 bits per heavy atom. The first kappa shape index (κ1) is 15.1. The summed E-state index contributed by atoms with van der Waals surface area (Å²) in [5, 5.41) is 9.06. The van der Waals surface area contributed by atoms with Gasteiger partial charge in [0.05, 0.1) is 6.61 Å². The molecule has 1 rings (SSSR count). The van der Waals surface area contributed by atoms with Crippen LogP contribution in [0.3, 0.4) is 0 Å². The van der Waals surface area contributed by atoms with E-state index >= 15 is 0 Å². The molecule has 0 atom stereocenters. The summed E-state index contributed by atoms with van der Waals surface area (Å²) in [4.78, 5) is 1.93. The van der Waals surface area contributed by atoms with E-state index in [1.807, 2.05) is 18.7 Å². The molecular formula is C14H21F2NO. The third-order valence-corrected chi connectivity index (χ3v) is 3.27. The second-order valence-electron chi connectivity index (χ2n) is 4.36. The van der Waals surface area contributed by atoms with Crippen molar-refractivity contribution < 1.29 is 13.9 Å². The number of aliphatic hydroxyl groups excluding tert-OH is 1. The maximum absolute atomic E-state index is 13.6. The zero-order chi connectivity index (χ0) is 13.5. The minimum absolute atomic E-state index is 0.00737. The molecule has 0 unspecified atom stereocenters. The van der Waals surface area contributed by atoms with Crippen molar-refractivity contribution in [2.24, 2.45) is 0 Å². The molecule has 0 amide bonds. The van der Waals surface area contributed by atoms with E-state index in [2.05, 4.69) is 0 Å². The number of rotatable bonds is 7. The van der Waals surface area contributed by atoms with Crippen LogP contribution in [0.1, 0.15) is 32.3 Å². The Hall–Kier alpha value is -1.00. The summed E-state index contributed by atoms with van der Waals surface area (Å²) in [5.41, 5.74) is 0.0813. The third kappa shape index (κ3) is 3.75. The molecule has 0 aliphatic carbocycles. The van der Waals surface area contributed by atoms with Gasteiger partial charge in [-0.15, -0.1) is 0 Å². The lowest BCUT2D eigenvalue weighted by Crippen LogP contribution is -2.36. The van der Waals surface area contributed by atoms with Crippen molar-refractivity contribution in [3.8, 4) is 0 Å². The molecule has 1 aromatic carbocycles. The molecule has 0 aromatic heterocycles. The van der Waals surface area contributed by atoms with Crippen molar-refractivity contribution in [1.29, 1.82) is 0 Å². The summed E-state index contributed by atoms with van der Waals surface area (Å²) in [6.07, 6.45) is 1.79. The summed E-state index contributed by atoms with van der Waals surface area (Å²) >= 11 is 0. The largest absolute Gasteiger partial charge is 0.395 e. The van der Waals surface area contributed by atoms with Crippen LogP contribution in [0.15, 0.2) is 18.2 Å². The topological polar surface area (TPSA) is 23.5 Å². The lowest BCUT2D eigenvalue weighted by Gasteiger charge is -2.30. The Morgan fingerprint density at radius 2 is 1.72 bits per heavy atom. The van der Waals surface area contributed by atoms with Crippen molar-refractivity contribution in [1.82, 2.24) is 4.90 Å². The molecule has 0 aliphatic heterocycles. The van der Waals surface area contributed by atoms with Gasteiger partial charge in [-0.2, -0.15) is 0 Å². The average Bonchev–Trinajstić information content (AvgIpc) is 2.35. The summed E-state index contributed by atoms with van der Waals surface area (Å²) in [5.74, 6) is -1.05. The fourth-order valence-corrected chi connectivity index (χ4v) is 2.21. The monoisotopic (exact) mass is 257 g/mol. The molecule has 0 saturated carbocycles. The Bertz CT molecular complexity index is 347. The molecule has 0 heterocycles. The van der Waals surface area contributed by atoms with E-state index < -0.39 is 11.6 Å². The molecule has 1 aromatic rings. The summed E-state index contributed by atoms with van der Waals surface area (Å²) in [6, 6.07) is 4.13. The molecule has 0 saturated heterocycles. The van der Waals surface area contributed by atoms with Gasteiger partial charge in [-0.1, -0.05) is 19.9 Å². The molecule has 102 valence electrons. The fourth-order valence-electron chi connectivity index (χ4n) is 2.21. The predicted molar refractivity (Wildman–Crippen MR) is 68.2 cm³/mol. The first-order valence-electron chi connectivity index (χ1n) is 6.41. The molecule has 4 heteroatoms.